The molecule has 94 valence electrons. The molecule has 1 aromatic carbocycles. The van der Waals surface area contributed by atoms with Gasteiger partial charge in [0.25, 0.3) is 0 Å². The molecule has 2 rings (SSSR count). The molecule has 0 amide bonds. The molecule has 0 atom stereocenters. The molecule has 1 aromatic heterocycles. The first-order valence-corrected chi connectivity index (χ1v) is 6.31. The Bertz CT molecular complexity index is 551. The van der Waals surface area contributed by atoms with E-state index in [1.165, 1.54) is 11.3 Å². The van der Waals surface area contributed by atoms with E-state index in [4.69, 9.17) is 9.84 Å². The first-order valence-electron chi connectivity index (χ1n) is 5.50. The molecule has 0 saturated heterocycles. The van der Waals surface area contributed by atoms with Crippen LogP contribution in [0.5, 0.6) is 5.75 Å². The zero-order valence-electron chi connectivity index (χ0n) is 9.92. The van der Waals surface area contributed by atoms with Gasteiger partial charge in [-0.15, -0.1) is 11.3 Å². The van der Waals surface area contributed by atoms with Gasteiger partial charge in [-0.05, 0) is 18.6 Å². The van der Waals surface area contributed by atoms with Crippen LogP contribution >= 0.6 is 11.3 Å². The topological polar surface area (TPSA) is 59.4 Å². The highest BCUT2D eigenvalue weighted by molar-refractivity contribution is 7.15. The van der Waals surface area contributed by atoms with E-state index in [2.05, 4.69) is 4.98 Å². The van der Waals surface area contributed by atoms with E-state index >= 15 is 0 Å². The number of aryl methyl sites for hydroxylation is 1. The van der Waals surface area contributed by atoms with Crippen LogP contribution in [0, 0.1) is 0 Å². The summed E-state index contributed by atoms with van der Waals surface area (Å²) in [6, 6.07) is 7.66. The Kier molecular flexibility index (Phi) is 3.94. The monoisotopic (exact) mass is 263 g/mol. The normalized spacial score (nSPS) is 10.3. The average molecular weight is 263 g/mol. The van der Waals surface area contributed by atoms with Crippen LogP contribution in [0.15, 0.2) is 30.5 Å². The predicted octanol–water partition coefficient (Wildman–Crippen LogP) is 2.84. The number of hydrogen-bond acceptors (Lipinski definition) is 4. The second kappa shape index (κ2) is 5.64. The van der Waals surface area contributed by atoms with Gasteiger partial charge in [0, 0.05) is 16.6 Å². The fourth-order valence-corrected chi connectivity index (χ4v) is 2.45. The predicted molar refractivity (Wildman–Crippen MR) is 70.1 cm³/mol. The summed E-state index contributed by atoms with van der Waals surface area (Å²) in [5, 5.41) is 9.52. The summed E-state index contributed by atoms with van der Waals surface area (Å²) in [6.45, 7) is 0. The fraction of sp³-hybridized carbons (Fsp3) is 0.231. The van der Waals surface area contributed by atoms with Gasteiger partial charge in [-0.3, -0.25) is 4.79 Å². The van der Waals surface area contributed by atoms with Gasteiger partial charge in [0.05, 0.1) is 13.5 Å². The van der Waals surface area contributed by atoms with Gasteiger partial charge in [-0.2, -0.15) is 0 Å². The minimum absolute atomic E-state index is 0.139. The minimum atomic E-state index is -0.786. The van der Waals surface area contributed by atoms with Crippen molar-refractivity contribution in [2.24, 2.45) is 0 Å². The molecule has 1 N–H and O–H groups in total. The number of nitrogens with zero attached hydrogens (tertiary/aromatic N) is 1. The molecule has 4 nitrogen and oxygen atoms in total. The number of hydrogen-bond donors (Lipinski definition) is 1. The highest BCUT2D eigenvalue weighted by atomic mass is 32.1. The smallest absolute Gasteiger partial charge is 0.303 e. The standard InChI is InChI=1S/C13H13NO3S/c1-17-10-4-2-3-9(7-10)13-14-8-11(18-13)5-6-12(15)16/h2-4,7-8H,5-6H2,1H3,(H,15,16). The number of methoxy groups -OCH3 is 1. The molecule has 0 spiro atoms. The van der Waals surface area contributed by atoms with Gasteiger partial charge in [0.1, 0.15) is 10.8 Å². The first kappa shape index (κ1) is 12.6. The second-order valence-electron chi connectivity index (χ2n) is 3.76. The third kappa shape index (κ3) is 3.07. The van der Waals surface area contributed by atoms with Crippen LogP contribution in [0.25, 0.3) is 10.6 Å². The summed E-state index contributed by atoms with van der Waals surface area (Å²) < 4.78 is 5.16. The quantitative estimate of drug-likeness (QED) is 0.901. The molecule has 18 heavy (non-hydrogen) atoms. The maximum Gasteiger partial charge on any atom is 0.303 e. The zero-order valence-corrected chi connectivity index (χ0v) is 10.7. The Labute approximate surface area is 109 Å². The lowest BCUT2D eigenvalue weighted by Crippen LogP contribution is -1.95. The van der Waals surface area contributed by atoms with Crippen LogP contribution in [0.1, 0.15) is 11.3 Å². The van der Waals surface area contributed by atoms with Crippen molar-refractivity contribution >= 4 is 17.3 Å². The van der Waals surface area contributed by atoms with Crippen LogP contribution < -0.4 is 4.74 Å². The minimum Gasteiger partial charge on any atom is -0.497 e. The Hall–Kier alpha value is -1.88. The van der Waals surface area contributed by atoms with Crippen LogP contribution in [0.4, 0.5) is 0 Å². The van der Waals surface area contributed by atoms with Crippen LogP contribution in [0.3, 0.4) is 0 Å². The number of benzene rings is 1. The third-order valence-corrected chi connectivity index (χ3v) is 3.56. The Morgan fingerprint density at radius 3 is 3.06 bits per heavy atom. The van der Waals surface area contributed by atoms with E-state index in [1.807, 2.05) is 24.3 Å². The Morgan fingerprint density at radius 1 is 1.50 bits per heavy atom. The van der Waals surface area contributed by atoms with Gasteiger partial charge in [-0.25, -0.2) is 4.98 Å². The molecule has 0 aliphatic heterocycles. The highest BCUT2D eigenvalue weighted by Crippen LogP contribution is 2.28. The van der Waals surface area contributed by atoms with Gasteiger partial charge >= 0.3 is 5.97 Å². The molecular weight excluding hydrogens is 250 g/mol. The Morgan fingerprint density at radius 2 is 2.33 bits per heavy atom. The summed E-state index contributed by atoms with van der Waals surface area (Å²) in [6.07, 6.45) is 2.40. The van der Waals surface area contributed by atoms with Crippen molar-refractivity contribution in [3.8, 4) is 16.3 Å². The van der Waals surface area contributed by atoms with E-state index in [9.17, 15) is 4.79 Å². The summed E-state index contributed by atoms with van der Waals surface area (Å²) in [5.41, 5.74) is 0.987. The number of ether oxygens (including phenoxy) is 1. The summed E-state index contributed by atoms with van der Waals surface area (Å²) >= 11 is 1.52. The van der Waals surface area contributed by atoms with Gasteiger partial charge in [0.2, 0.25) is 0 Å². The van der Waals surface area contributed by atoms with Crippen molar-refractivity contribution in [3.05, 3.63) is 35.3 Å². The second-order valence-corrected chi connectivity index (χ2v) is 4.87. The summed E-state index contributed by atoms with van der Waals surface area (Å²) in [7, 11) is 1.62. The van der Waals surface area contributed by atoms with Crippen molar-refractivity contribution in [1.82, 2.24) is 4.98 Å². The van der Waals surface area contributed by atoms with Crippen molar-refractivity contribution in [1.29, 1.82) is 0 Å². The first-order chi connectivity index (χ1) is 8.69. The number of aliphatic carboxylic acids is 1. The lowest BCUT2D eigenvalue weighted by atomic mass is 10.2. The van der Waals surface area contributed by atoms with E-state index in [0.29, 0.717) is 6.42 Å². The maximum absolute atomic E-state index is 10.5. The molecule has 1 heterocycles. The van der Waals surface area contributed by atoms with E-state index < -0.39 is 5.97 Å². The number of carbonyl (C=O) groups is 1. The van der Waals surface area contributed by atoms with Crippen molar-refractivity contribution in [2.75, 3.05) is 7.11 Å². The van der Waals surface area contributed by atoms with Crippen molar-refractivity contribution in [2.45, 2.75) is 12.8 Å². The highest BCUT2D eigenvalue weighted by Gasteiger charge is 2.07. The van der Waals surface area contributed by atoms with E-state index in [0.717, 1.165) is 21.2 Å². The molecule has 2 aromatic rings. The number of aromatic nitrogens is 1. The molecule has 0 aliphatic rings. The molecular formula is C13H13NO3S. The summed E-state index contributed by atoms with van der Waals surface area (Å²) in [5.74, 6) is 0.00103. The Balaban J connectivity index is 2.15. The molecule has 0 unspecified atom stereocenters. The number of carboxylic acids is 1. The average Bonchev–Trinajstić information content (AvgIpc) is 2.85. The van der Waals surface area contributed by atoms with Gasteiger partial charge < -0.3 is 9.84 Å². The molecule has 0 fully saturated rings. The van der Waals surface area contributed by atoms with Crippen LogP contribution in [-0.2, 0) is 11.2 Å². The van der Waals surface area contributed by atoms with Gasteiger partial charge in [0.15, 0.2) is 0 Å². The summed E-state index contributed by atoms with van der Waals surface area (Å²) in [4.78, 5) is 15.8. The molecule has 0 aliphatic carbocycles. The van der Waals surface area contributed by atoms with Crippen molar-refractivity contribution in [3.63, 3.8) is 0 Å². The molecule has 5 heteroatoms. The van der Waals surface area contributed by atoms with E-state index in [-0.39, 0.29) is 6.42 Å². The largest absolute Gasteiger partial charge is 0.497 e. The van der Waals surface area contributed by atoms with Crippen molar-refractivity contribution < 1.29 is 14.6 Å². The number of thiazole rings is 1. The SMILES string of the molecule is COc1cccc(-c2ncc(CCC(=O)O)s2)c1. The lowest BCUT2D eigenvalue weighted by molar-refractivity contribution is -0.136. The van der Waals surface area contributed by atoms with Crippen LogP contribution in [-0.4, -0.2) is 23.2 Å². The van der Waals surface area contributed by atoms with E-state index in [1.54, 1.807) is 13.3 Å². The third-order valence-electron chi connectivity index (χ3n) is 2.46. The zero-order chi connectivity index (χ0) is 13.0. The fourth-order valence-electron chi connectivity index (χ4n) is 1.54. The van der Waals surface area contributed by atoms with Crippen LogP contribution in [0.2, 0.25) is 0 Å². The molecule has 0 radical (unpaired) electrons. The lowest BCUT2D eigenvalue weighted by Gasteiger charge is -2.00. The maximum atomic E-state index is 10.5. The molecule has 0 bridgehead atoms. The number of carboxylic acid groups (broad SMARTS) is 1. The molecule has 0 saturated carbocycles. The van der Waals surface area contributed by atoms with Gasteiger partial charge in [-0.1, -0.05) is 12.1 Å². The number of rotatable bonds is 5.